The molecule has 1 atom stereocenters. The highest BCUT2D eigenvalue weighted by molar-refractivity contribution is 5.75. The van der Waals surface area contributed by atoms with Gasteiger partial charge in [-0.3, -0.25) is 4.79 Å². The van der Waals surface area contributed by atoms with Gasteiger partial charge in [0.05, 0.1) is 6.61 Å². The van der Waals surface area contributed by atoms with Crippen LogP contribution >= 0.6 is 0 Å². The molecule has 1 amide bonds. The fraction of sp³-hybridized carbons (Fsp3) is 0.562. The largest absolute Gasteiger partial charge is 0.493 e. The first kappa shape index (κ1) is 14.9. The summed E-state index contributed by atoms with van der Waals surface area (Å²) >= 11 is 0. The van der Waals surface area contributed by atoms with Crippen molar-refractivity contribution in [3.05, 3.63) is 29.3 Å². The van der Waals surface area contributed by atoms with Crippen LogP contribution in [0.5, 0.6) is 5.75 Å². The Morgan fingerprint density at radius 2 is 2.25 bits per heavy atom. The van der Waals surface area contributed by atoms with E-state index in [1.807, 2.05) is 6.92 Å². The van der Waals surface area contributed by atoms with Gasteiger partial charge in [-0.05, 0) is 30.5 Å². The molecular formula is C16H24N2O2. The van der Waals surface area contributed by atoms with Crippen LogP contribution < -0.4 is 15.4 Å². The van der Waals surface area contributed by atoms with Gasteiger partial charge in [0.25, 0.3) is 0 Å². The minimum Gasteiger partial charge on any atom is -0.493 e. The van der Waals surface area contributed by atoms with E-state index in [0.717, 1.165) is 25.2 Å². The number of hydrogen-bond acceptors (Lipinski definition) is 3. The number of carbonyl (C=O) groups is 1. The minimum absolute atomic E-state index is 0.109. The predicted octanol–water partition coefficient (Wildman–Crippen LogP) is 2.19. The number of benzene rings is 1. The minimum atomic E-state index is 0.109. The Kier molecular flexibility index (Phi) is 5.41. The summed E-state index contributed by atoms with van der Waals surface area (Å²) in [7, 11) is 0. The average Bonchev–Trinajstić information content (AvgIpc) is 2.91. The lowest BCUT2D eigenvalue weighted by Crippen LogP contribution is -2.29. The molecule has 1 aliphatic rings. The van der Waals surface area contributed by atoms with E-state index in [9.17, 15) is 4.79 Å². The fourth-order valence-electron chi connectivity index (χ4n) is 2.57. The molecule has 4 heteroatoms. The second-order valence-corrected chi connectivity index (χ2v) is 5.08. The van der Waals surface area contributed by atoms with Crippen LogP contribution in [0.15, 0.2) is 18.2 Å². The lowest BCUT2D eigenvalue weighted by Gasteiger charge is -2.18. The van der Waals surface area contributed by atoms with Gasteiger partial charge in [0.15, 0.2) is 0 Å². The summed E-state index contributed by atoms with van der Waals surface area (Å²) in [5, 5.41) is 6.28. The standard InChI is InChI=1S/C16H24N2O2/c1-3-14(18-9-7-16(19)17-4-2)12-5-6-15-13(11-12)8-10-20-15/h5-6,11,14,18H,3-4,7-10H2,1-2H3,(H,17,19). The van der Waals surface area contributed by atoms with Gasteiger partial charge >= 0.3 is 0 Å². The van der Waals surface area contributed by atoms with Crippen molar-refractivity contribution in [3.63, 3.8) is 0 Å². The van der Waals surface area contributed by atoms with Gasteiger partial charge in [-0.15, -0.1) is 0 Å². The first-order chi connectivity index (χ1) is 9.74. The smallest absolute Gasteiger partial charge is 0.221 e. The molecule has 0 aliphatic carbocycles. The highest BCUT2D eigenvalue weighted by atomic mass is 16.5. The molecule has 0 spiro atoms. The maximum absolute atomic E-state index is 11.4. The topological polar surface area (TPSA) is 50.4 Å². The molecule has 110 valence electrons. The van der Waals surface area contributed by atoms with Gasteiger partial charge in [0.1, 0.15) is 5.75 Å². The summed E-state index contributed by atoms with van der Waals surface area (Å²) < 4.78 is 5.53. The number of ether oxygens (including phenoxy) is 1. The van der Waals surface area contributed by atoms with Gasteiger partial charge in [-0.25, -0.2) is 0 Å². The first-order valence-corrected chi connectivity index (χ1v) is 7.50. The van der Waals surface area contributed by atoms with Crippen LogP contribution in [-0.2, 0) is 11.2 Å². The Morgan fingerprint density at radius 3 is 3.00 bits per heavy atom. The van der Waals surface area contributed by atoms with Crippen molar-refractivity contribution in [2.45, 2.75) is 39.2 Å². The lowest BCUT2D eigenvalue weighted by atomic mass is 10.0. The molecule has 0 aromatic heterocycles. The quantitative estimate of drug-likeness (QED) is 0.802. The molecule has 0 bridgehead atoms. The molecule has 2 rings (SSSR count). The maximum Gasteiger partial charge on any atom is 0.221 e. The van der Waals surface area contributed by atoms with Gasteiger partial charge < -0.3 is 15.4 Å². The van der Waals surface area contributed by atoms with Crippen molar-refractivity contribution in [1.82, 2.24) is 10.6 Å². The average molecular weight is 276 g/mol. The molecule has 1 aliphatic heterocycles. The molecule has 0 saturated carbocycles. The summed E-state index contributed by atoms with van der Waals surface area (Å²) in [6, 6.07) is 6.72. The molecule has 0 fully saturated rings. The molecule has 4 nitrogen and oxygen atoms in total. The molecule has 1 aromatic rings. The van der Waals surface area contributed by atoms with Crippen molar-refractivity contribution >= 4 is 5.91 Å². The van der Waals surface area contributed by atoms with Crippen molar-refractivity contribution < 1.29 is 9.53 Å². The maximum atomic E-state index is 11.4. The van der Waals surface area contributed by atoms with Crippen LogP contribution in [0.4, 0.5) is 0 Å². The highest BCUT2D eigenvalue weighted by Crippen LogP contribution is 2.29. The van der Waals surface area contributed by atoms with Crippen LogP contribution in [-0.4, -0.2) is 25.6 Å². The Hall–Kier alpha value is -1.55. The van der Waals surface area contributed by atoms with E-state index in [1.165, 1.54) is 11.1 Å². The second kappa shape index (κ2) is 7.29. The fourth-order valence-corrected chi connectivity index (χ4v) is 2.57. The van der Waals surface area contributed by atoms with Gasteiger partial charge in [-0.2, -0.15) is 0 Å². The van der Waals surface area contributed by atoms with E-state index in [4.69, 9.17) is 4.74 Å². The van der Waals surface area contributed by atoms with E-state index in [1.54, 1.807) is 0 Å². The molecule has 20 heavy (non-hydrogen) atoms. The van der Waals surface area contributed by atoms with Crippen LogP contribution in [0.1, 0.15) is 43.9 Å². The molecule has 1 heterocycles. The zero-order valence-corrected chi connectivity index (χ0v) is 12.4. The number of rotatable bonds is 7. The summed E-state index contributed by atoms with van der Waals surface area (Å²) in [6.07, 6.45) is 2.53. The lowest BCUT2D eigenvalue weighted by molar-refractivity contribution is -0.120. The summed E-state index contributed by atoms with van der Waals surface area (Å²) in [6.45, 7) is 6.29. The first-order valence-electron chi connectivity index (χ1n) is 7.50. The third-order valence-electron chi connectivity index (χ3n) is 3.64. The van der Waals surface area contributed by atoms with E-state index in [2.05, 4.69) is 35.8 Å². The van der Waals surface area contributed by atoms with Crippen molar-refractivity contribution in [3.8, 4) is 5.75 Å². The van der Waals surface area contributed by atoms with Crippen LogP contribution in [0.3, 0.4) is 0 Å². The predicted molar refractivity (Wildman–Crippen MR) is 80.0 cm³/mol. The van der Waals surface area contributed by atoms with E-state index >= 15 is 0 Å². The third kappa shape index (κ3) is 3.73. The number of fused-ring (bicyclic) bond motifs is 1. The van der Waals surface area contributed by atoms with E-state index in [0.29, 0.717) is 25.6 Å². The Bertz CT molecular complexity index is 460. The number of carbonyl (C=O) groups excluding carboxylic acids is 1. The van der Waals surface area contributed by atoms with E-state index in [-0.39, 0.29) is 5.91 Å². The zero-order chi connectivity index (χ0) is 14.4. The monoisotopic (exact) mass is 276 g/mol. The van der Waals surface area contributed by atoms with Crippen LogP contribution in [0.2, 0.25) is 0 Å². The SMILES string of the molecule is CCNC(=O)CCNC(CC)c1ccc2c(c1)CCO2. The summed E-state index contributed by atoms with van der Waals surface area (Å²) in [4.78, 5) is 11.4. The van der Waals surface area contributed by atoms with Crippen molar-refractivity contribution in [2.24, 2.45) is 0 Å². The van der Waals surface area contributed by atoms with Gasteiger partial charge in [0, 0.05) is 32.0 Å². The Balaban J connectivity index is 1.89. The molecule has 1 unspecified atom stereocenters. The molecule has 0 radical (unpaired) electrons. The van der Waals surface area contributed by atoms with Crippen LogP contribution in [0.25, 0.3) is 0 Å². The number of nitrogens with one attached hydrogen (secondary N) is 2. The highest BCUT2D eigenvalue weighted by Gasteiger charge is 2.15. The molecular weight excluding hydrogens is 252 g/mol. The zero-order valence-electron chi connectivity index (χ0n) is 12.4. The van der Waals surface area contributed by atoms with E-state index < -0.39 is 0 Å². The normalized spacial score (nSPS) is 14.5. The second-order valence-electron chi connectivity index (χ2n) is 5.08. The van der Waals surface area contributed by atoms with Crippen molar-refractivity contribution in [1.29, 1.82) is 0 Å². The Morgan fingerprint density at radius 1 is 1.40 bits per heavy atom. The molecule has 0 saturated heterocycles. The van der Waals surface area contributed by atoms with Crippen molar-refractivity contribution in [2.75, 3.05) is 19.7 Å². The number of hydrogen-bond donors (Lipinski definition) is 2. The summed E-state index contributed by atoms with van der Waals surface area (Å²) in [5.74, 6) is 1.13. The molecule has 1 aromatic carbocycles. The van der Waals surface area contributed by atoms with Gasteiger partial charge in [-0.1, -0.05) is 19.1 Å². The third-order valence-corrected chi connectivity index (χ3v) is 3.64. The molecule has 2 N–H and O–H groups in total. The number of amides is 1. The summed E-state index contributed by atoms with van der Waals surface area (Å²) in [5.41, 5.74) is 2.58. The Labute approximate surface area is 120 Å². The van der Waals surface area contributed by atoms with Gasteiger partial charge in [0.2, 0.25) is 5.91 Å². The van der Waals surface area contributed by atoms with Crippen LogP contribution in [0, 0.1) is 0 Å².